The molecule has 0 saturated heterocycles. The number of carbonyl (C=O) groups excluding carboxylic acids is 1. The first-order valence-corrected chi connectivity index (χ1v) is 6.53. The highest BCUT2D eigenvalue weighted by Crippen LogP contribution is 2.25. The first-order valence-electron chi connectivity index (χ1n) is 6.53. The van der Waals surface area contributed by atoms with Crippen LogP contribution in [0.2, 0.25) is 0 Å². The number of carbonyl (C=O) groups is 2. The van der Waals surface area contributed by atoms with Crippen LogP contribution in [0.3, 0.4) is 0 Å². The second-order valence-corrected chi connectivity index (χ2v) is 5.49. The fourth-order valence-electron chi connectivity index (χ4n) is 1.67. The van der Waals surface area contributed by atoms with Gasteiger partial charge in [0, 0.05) is 13.0 Å². The molecule has 0 aromatic heterocycles. The van der Waals surface area contributed by atoms with Crippen molar-refractivity contribution in [2.75, 3.05) is 6.54 Å². The Morgan fingerprint density at radius 3 is 2.44 bits per heavy atom. The molecule has 0 saturated carbocycles. The zero-order valence-corrected chi connectivity index (χ0v) is 11.7. The van der Waals surface area contributed by atoms with Gasteiger partial charge in [0.05, 0.1) is 6.04 Å². The van der Waals surface area contributed by atoms with Gasteiger partial charge in [-0.1, -0.05) is 27.2 Å². The molecule has 0 aliphatic carbocycles. The van der Waals surface area contributed by atoms with E-state index >= 15 is 0 Å². The van der Waals surface area contributed by atoms with Crippen LogP contribution in [-0.4, -0.2) is 29.6 Å². The van der Waals surface area contributed by atoms with Crippen molar-refractivity contribution < 1.29 is 14.7 Å². The van der Waals surface area contributed by atoms with Gasteiger partial charge in [0.2, 0.25) is 5.91 Å². The van der Waals surface area contributed by atoms with Crippen molar-refractivity contribution in [3.05, 3.63) is 0 Å². The van der Waals surface area contributed by atoms with Gasteiger partial charge in [0.25, 0.3) is 0 Å². The number of nitrogens with one attached hydrogen (secondary N) is 1. The van der Waals surface area contributed by atoms with Crippen molar-refractivity contribution in [3.63, 3.8) is 0 Å². The summed E-state index contributed by atoms with van der Waals surface area (Å²) in [6.07, 6.45) is 3.10. The van der Waals surface area contributed by atoms with Gasteiger partial charge in [-0.3, -0.25) is 9.59 Å². The van der Waals surface area contributed by atoms with E-state index < -0.39 is 12.0 Å². The van der Waals surface area contributed by atoms with Crippen LogP contribution in [0.4, 0.5) is 0 Å². The summed E-state index contributed by atoms with van der Waals surface area (Å²) >= 11 is 0. The van der Waals surface area contributed by atoms with Gasteiger partial charge < -0.3 is 16.2 Å². The molecular formula is C13H26N2O3. The summed E-state index contributed by atoms with van der Waals surface area (Å²) in [6, 6.07) is -0.433. The third-order valence-corrected chi connectivity index (χ3v) is 3.05. The van der Waals surface area contributed by atoms with Crippen LogP contribution in [0.25, 0.3) is 0 Å². The van der Waals surface area contributed by atoms with Crippen LogP contribution in [0, 0.1) is 5.41 Å². The fourth-order valence-corrected chi connectivity index (χ4v) is 1.67. The molecular weight excluding hydrogens is 232 g/mol. The number of carboxylic acid groups (broad SMARTS) is 1. The van der Waals surface area contributed by atoms with E-state index in [1.54, 1.807) is 0 Å². The average Bonchev–Trinajstić information content (AvgIpc) is 2.26. The fraction of sp³-hybridized carbons (Fsp3) is 0.846. The molecule has 1 amide bonds. The molecule has 0 aliphatic heterocycles. The first-order chi connectivity index (χ1) is 8.28. The standard InChI is InChI=1S/C13H26N2O3/c1-4-5-10(14)12(18)15-9-8-13(2,3)7-6-11(16)17/h10H,4-9,14H2,1-3H3,(H,15,18)(H,16,17)/t10-/m1/s1. The summed E-state index contributed by atoms with van der Waals surface area (Å²) in [5.41, 5.74) is 5.60. The number of aliphatic carboxylic acids is 1. The molecule has 5 heteroatoms. The third kappa shape index (κ3) is 8.06. The minimum absolute atomic E-state index is 0.0828. The molecule has 0 aromatic rings. The van der Waals surface area contributed by atoms with E-state index in [-0.39, 0.29) is 17.7 Å². The lowest BCUT2D eigenvalue weighted by Crippen LogP contribution is -2.41. The van der Waals surface area contributed by atoms with Gasteiger partial charge in [-0.25, -0.2) is 0 Å². The maximum Gasteiger partial charge on any atom is 0.303 e. The Hall–Kier alpha value is -1.10. The molecule has 106 valence electrons. The Labute approximate surface area is 109 Å². The molecule has 5 nitrogen and oxygen atoms in total. The van der Waals surface area contributed by atoms with Crippen LogP contribution >= 0.6 is 0 Å². The van der Waals surface area contributed by atoms with Gasteiger partial charge in [-0.2, -0.15) is 0 Å². The van der Waals surface area contributed by atoms with Crippen LogP contribution in [0.1, 0.15) is 52.9 Å². The van der Waals surface area contributed by atoms with E-state index in [1.165, 1.54) is 0 Å². The van der Waals surface area contributed by atoms with Crippen LogP contribution in [0.15, 0.2) is 0 Å². The van der Waals surface area contributed by atoms with Crippen LogP contribution < -0.4 is 11.1 Å². The maximum atomic E-state index is 11.6. The zero-order chi connectivity index (χ0) is 14.2. The second-order valence-electron chi connectivity index (χ2n) is 5.49. The molecule has 0 radical (unpaired) electrons. The monoisotopic (exact) mass is 258 g/mol. The first kappa shape index (κ1) is 16.9. The topological polar surface area (TPSA) is 92.4 Å². The van der Waals surface area contributed by atoms with E-state index in [1.807, 2.05) is 20.8 Å². The molecule has 0 unspecified atom stereocenters. The van der Waals surface area contributed by atoms with Crippen molar-refractivity contribution in [1.29, 1.82) is 0 Å². The molecule has 0 aliphatic rings. The summed E-state index contributed by atoms with van der Waals surface area (Å²) in [5.74, 6) is -0.900. The Kier molecular flexibility index (Phi) is 7.59. The lowest BCUT2D eigenvalue weighted by Gasteiger charge is -2.24. The molecule has 0 heterocycles. The summed E-state index contributed by atoms with van der Waals surface area (Å²) in [4.78, 5) is 22.1. The molecule has 18 heavy (non-hydrogen) atoms. The minimum atomic E-state index is -0.780. The highest BCUT2D eigenvalue weighted by atomic mass is 16.4. The van der Waals surface area contributed by atoms with E-state index in [9.17, 15) is 9.59 Å². The van der Waals surface area contributed by atoms with E-state index in [2.05, 4.69) is 5.32 Å². The summed E-state index contributed by atoms with van der Waals surface area (Å²) in [6.45, 7) is 6.55. The molecule has 0 spiro atoms. The highest BCUT2D eigenvalue weighted by Gasteiger charge is 2.20. The van der Waals surface area contributed by atoms with Crippen LogP contribution in [-0.2, 0) is 9.59 Å². The number of carboxylic acids is 1. The Bertz CT molecular complexity index is 277. The summed E-state index contributed by atoms with van der Waals surface area (Å²) in [5, 5.41) is 11.4. The lowest BCUT2D eigenvalue weighted by atomic mass is 9.84. The van der Waals surface area contributed by atoms with Gasteiger partial charge in [0.15, 0.2) is 0 Å². The summed E-state index contributed by atoms with van der Waals surface area (Å²) in [7, 11) is 0. The Balaban J connectivity index is 3.88. The highest BCUT2D eigenvalue weighted by molar-refractivity contribution is 5.81. The predicted molar refractivity (Wildman–Crippen MR) is 71.2 cm³/mol. The Morgan fingerprint density at radius 1 is 1.33 bits per heavy atom. The van der Waals surface area contributed by atoms with Crippen molar-refractivity contribution in [3.8, 4) is 0 Å². The Morgan fingerprint density at radius 2 is 1.94 bits per heavy atom. The van der Waals surface area contributed by atoms with E-state index in [4.69, 9.17) is 10.8 Å². The van der Waals surface area contributed by atoms with Crippen molar-refractivity contribution in [1.82, 2.24) is 5.32 Å². The van der Waals surface area contributed by atoms with Crippen molar-refractivity contribution in [2.45, 2.75) is 58.9 Å². The molecule has 0 bridgehead atoms. The number of hydrogen-bond donors (Lipinski definition) is 3. The van der Waals surface area contributed by atoms with Gasteiger partial charge in [-0.15, -0.1) is 0 Å². The molecule has 0 aromatic carbocycles. The minimum Gasteiger partial charge on any atom is -0.481 e. The molecule has 1 atom stereocenters. The number of nitrogens with two attached hydrogens (primary N) is 1. The number of hydrogen-bond acceptors (Lipinski definition) is 3. The summed E-state index contributed by atoms with van der Waals surface area (Å²) < 4.78 is 0. The SMILES string of the molecule is CCC[C@@H](N)C(=O)NCCC(C)(C)CCC(=O)O. The van der Waals surface area contributed by atoms with Crippen LogP contribution in [0.5, 0.6) is 0 Å². The lowest BCUT2D eigenvalue weighted by molar-refractivity contribution is -0.137. The average molecular weight is 258 g/mol. The second kappa shape index (κ2) is 8.08. The molecule has 4 N–H and O–H groups in total. The van der Waals surface area contributed by atoms with Gasteiger partial charge in [0.1, 0.15) is 0 Å². The quantitative estimate of drug-likeness (QED) is 0.584. The largest absolute Gasteiger partial charge is 0.481 e. The van der Waals surface area contributed by atoms with Gasteiger partial charge in [-0.05, 0) is 24.7 Å². The third-order valence-electron chi connectivity index (χ3n) is 3.05. The maximum absolute atomic E-state index is 11.6. The zero-order valence-electron chi connectivity index (χ0n) is 11.7. The number of amides is 1. The predicted octanol–water partition coefficient (Wildman–Crippen LogP) is 1.51. The van der Waals surface area contributed by atoms with Gasteiger partial charge >= 0.3 is 5.97 Å². The number of rotatable bonds is 9. The molecule has 0 fully saturated rings. The van der Waals surface area contributed by atoms with E-state index in [0.717, 1.165) is 12.8 Å². The smallest absolute Gasteiger partial charge is 0.303 e. The van der Waals surface area contributed by atoms with Crippen molar-refractivity contribution in [2.24, 2.45) is 11.1 Å². The van der Waals surface area contributed by atoms with E-state index in [0.29, 0.717) is 19.4 Å². The van der Waals surface area contributed by atoms with Crippen molar-refractivity contribution >= 4 is 11.9 Å². The normalized spacial score (nSPS) is 13.1. The molecule has 0 rings (SSSR count).